The number of carbonyl (C=O) groups excluding carboxylic acids is 1. The number of aromatic nitrogens is 1. The summed E-state index contributed by atoms with van der Waals surface area (Å²) in [5.74, 6) is 0.518. The van der Waals surface area contributed by atoms with Crippen LogP contribution in [0.25, 0.3) is 0 Å². The molecule has 0 bridgehead atoms. The van der Waals surface area contributed by atoms with Gasteiger partial charge in [0, 0.05) is 17.6 Å². The normalized spacial score (nSPS) is 14.6. The molecule has 2 atom stereocenters. The minimum atomic E-state index is -0.206. The highest BCUT2D eigenvalue weighted by Crippen LogP contribution is 2.17. The Labute approximate surface area is 113 Å². The van der Waals surface area contributed by atoms with E-state index in [1.807, 2.05) is 26.2 Å². The maximum Gasteiger partial charge on any atom is 0.236 e. The molecule has 2 N–H and O–H groups in total. The van der Waals surface area contributed by atoms with Crippen molar-refractivity contribution in [2.75, 3.05) is 6.54 Å². The second kappa shape index (κ2) is 6.85. The summed E-state index contributed by atoms with van der Waals surface area (Å²) in [4.78, 5) is 16.3. The first kappa shape index (κ1) is 15.1. The van der Waals surface area contributed by atoms with Gasteiger partial charge < -0.3 is 5.32 Å². The van der Waals surface area contributed by atoms with Gasteiger partial charge in [0.25, 0.3) is 0 Å². The Bertz CT molecular complexity index is 389. The highest BCUT2D eigenvalue weighted by atomic mass is 32.1. The minimum absolute atomic E-state index is 0.0452. The molecule has 5 heteroatoms. The Kier molecular flexibility index (Phi) is 5.75. The van der Waals surface area contributed by atoms with E-state index >= 15 is 0 Å². The second-order valence-electron chi connectivity index (χ2n) is 5.08. The van der Waals surface area contributed by atoms with Crippen molar-refractivity contribution in [2.45, 2.75) is 46.7 Å². The van der Waals surface area contributed by atoms with Crippen molar-refractivity contribution in [1.82, 2.24) is 15.6 Å². The van der Waals surface area contributed by atoms with Crippen LogP contribution in [0.15, 0.2) is 5.38 Å². The highest BCUT2D eigenvalue weighted by molar-refractivity contribution is 7.09. The Morgan fingerprint density at radius 2 is 2.06 bits per heavy atom. The van der Waals surface area contributed by atoms with Gasteiger partial charge in [0.2, 0.25) is 5.91 Å². The maximum atomic E-state index is 11.8. The van der Waals surface area contributed by atoms with E-state index in [4.69, 9.17) is 0 Å². The van der Waals surface area contributed by atoms with Gasteiger partial charge in [-0.1, -0.05) is 13.8 Å². The molecule has 1 heterocycles. The second-order valence-corrected chi connectivity index (χ2v) is 5.97. The van der Waals surface area contributed by atoms with Crippen LogP contribution in [0.3, 0.4) is 0 Å². The molecular formula is C13H23N3OS. The van der Waals surface area contributed by atoms with Crippen LogP contribution in [0.1, 0.15) is 44.4 Å². The fourth-order valence-electron chi connectivity index (χ4n) is 1.55. The van der Waals surface area contributed by atoms with Gasteiger partial charge in [-0.3, -0.25) is 10.1 Å². The van der Waals surface area contributed by atoms with E-state index < -0.39 is 0 Å². The lowest BCUT2D eigenvalue weighted by molar-refractivity contribution is -0.123. The predicted molar refractivity (Wildman–Crippen MR) is 75.7 cm³/mol. The summed E-state index contributed by atoms with van der Waals surface area (Å²) in [6, 6.07) is -0.105. The van der Waals surface area contributed by atoms with Gasteiger partial charge in [-0.25, -0.2) is 4.98 Å². The average Bonchev–Trinajstić information content (AvgIpc) is 2.72. The van der Waals surface area contributed by atoms with Crippen LogP contribution in [0, 0.1) is 12.8 Å². The topological polar surface area (TPSA) is 54.0 Å². The quantitative estimate of drug-likeness (QED) is 0.833. The lowest BCUT2D eigenvalue weighted by Gasteiger charge is -2.18. The molecule has 1 amide bonds. The van der Waals surface area contributed by atoms with Crippen LogP contribution >= 0.6 is 11.3 Å². The van der Waals surface area contributed by atoms with Gasteiger partial charge in [-0.15, -0.1) is 11.3 Å². The number of rotatable bonds is 6. The highest BCUT2D eigenvalue weighted by Gasteiger charge is 2.17. The molecule has 4 nitrogen and oxygen atoms in total. The number of hydrogen-bond donors (Lipinski definition) is 2. The molecule has 0 saturated carbocycles. The van der Waals surface area contributed by atoms with Gasteiger partial charge >= 0.3 is 0 Å². The molecule has 1 aromatic heterocycles. The molecule has 0 fully saturated rings. The number of carbonyl (C=O) groups is 1. The molecule has 0 aliphatic heterocycles. The molecular weight excluding hydrogens is 246 g/mol. The molecule has 1 rings (SSSR count). The molecule has 2 unspecified atom stereocenters. The maximum absolute atomic E-state index is 11.8. The van der Waals surface area contributed by atoms with E-state index in [2.05, 4.69) is 29.5 Å². The molecule has 0 aliphatic carbocycles. The number of thiazole rings is 1. The van der Waals surface area contributed by atoms with Gasteiger partial charge in [0.15, 0.2) is 0 Å². The van der Waals surface area contributed by atoms with E-state index in [0.29, 0.717) is 5.92 Å². The smallest absolute Gasteiger partial charge is 0.236 e. The molecule has 0 aromatic carbocycles. The van der Waals surface area contributed by atoms with Crippen LogP contribution in [0.5, 0.6) is 0 Å². The number of nitrogens with zero attached hydrogens (tertiary/aromatic N) is 1. The fraction of sp³-hybridized carbons (Fsp3) is 0.692. The molecule has 18 heavy (non-hydrogen) atoms. The summed E-state index contributed by atoms with van der Waals surface area (Å²) >= 11 is 1.62. The zero-order valence-electron chi connectivity index (χ0n) is 11.8. The van der Waals surface area contributed by atoms with E-state index in [1.54, 1.807) is 11.3 Å². The van der Waals surface area contributed by atoms with Crippen LogP contribution in [0.2, 0.25) is 0 Å². The molecule has 102 valence electrons. The summed E-state index contributed by atoms with van der Waals surface area (Å²) in [7, 11) is 0. The van der Waals surface area contributed by atoms with E-state index in [-0.39, 0.29) is 18.0 Å². The third-order valence-electron chi connectivity index (χ3n) is 2.59. The number of hydrogen-bond acceptors (Lipinski definition) is 4. The fourth-order valence-corrected chi connectivity index (χ4v) is 2.36. The zero-order chi connectivity index (χ0) is 13.7. The lowest BCUT2D eigenvalue weighted by Crippen LogP contribution is -2.44. The predicted octanol–water partition coefficient (Wildman–Crippen LogP) is 2.26. The van der Waals surface area contributed by atoms with Crippen molar-refractivity contribution in [3.8, 4) is 0 Å². The summed E-state index contributed by atoms with van der Waals surface area (Å²) in [5, 5.41) is 9.24. The van der Waals surface area contributed by atoms with Crippen LogP contribution in [0.4, 0.5) is 0 Å². The van der Waals surface area contributed by atoms with Gasteiger partial charge in [0.05, 0.1) is 12.1 Å². The molecule has 0 saturated heterocycles. The van der Waals surface area contributed by atoms with Crippen molar-refractivity contribution in [2.24, 2.45) is 5.92 Å². The van der Waals surface area contributed by atoms with Crippen molar-refractivity contribution >= 4 is 17.2 Å². The standard InChI is InChI=1S/C13H23N3OS/c1-8(2)6-14-12(17)10(4)16-11(5)13-15-9(3)7-18-13/h7-8,10-11,16H,6H2,1-5H3,(H,14,17). The zero-order valence-corrected chi connectivity index (χ0v) is 12.6. The minimum Gasteiger partial charge on any atom is -0.354 e. The summed E-state index contributed by atoms with van der Waals surface area (Å²) in [6.45, 7) is 10.8. The Morgan fingerprint density at radius 1 is 1.39 bits per heavy atom. The first-order valence-corrected chi connectivity index (χ1v) is 7.24. The van der Waals surface area contributed by atoms with Gasteiger partial charge in [0.1, 0.15) is 5.01 Å². The average molecular weight is 269 g/mol. The SMILES string of the molecule is Cc1csc(C(C)NC(C)C(=O)NCC(C)C)n1. The van der Waals surface area contributed by atoms with E-state index in [9.17, 15) is 4.79 Å². The first-order valence-electron chi connectivity index (χ1n) is 6.36. The summed E-state index contributed by atoms with van der Waals surface area (Å²) < 4.78 is 0. The molecule has 1 aromatic rings. The molecule has 0 aliphatic rings. The van der Waals surface area contributed by atoms with E-state index in [0.717, 1.165) is 17.2 Å². The summed E-state index contributed by atoms with van der Waals surface area (Å²) in [5.41, 5.74) is 1.03. The third kappa shape index (κ3) is 4.74. The van der Waals surface area contributed by atoms with E-state index in [1.165, 1.54) is 0 Å². The summed E-state index contributed by atoms with van der Waals surface area (Å²) in [6.07, 6.45) is 0. The first-order chi connectivity index (χ1) is 8.40. The van der Waals surface area contributed by atoms with Crippen molar-refractivity contribution in [3.63, 3.8) is 0 Å². The number of aryl methyl sites for hydroxylation is 1. The Morgan fingerprint density at radius 3 is 2.56 bits per heavy atom. The number of nitrogens with one attached hydrogen (secondary N) is 2. The monoisotopic (exact) mass is 269 g/mol. The van der Waals surface area contributed by atoms with Crippen molar-refractivity contribution in [3.05, 3.63) is 16.1 Å². The number of amides is 1. The molecule has 0 radical (unpaired) electrons. The van der Waals surface area contributed by atoms with Gasteiger partial charge in [-0.05, 0) is 26.7 Å². The Hall–Kier alpha value is -0.940. The largest absolute Gasteiger partial charge is 0.354 e. The molecule has 0 spiro atoms. The van der Waals surface area contributed by atoms with Crippen molar-refractivity contribution < 1.29 is 4.79 Å². The third-order valence-corrected chi connectivity index (χ3v) is 3.73. The van der Waals surface area contributed by atoms with Crippen molar-refractivity contribution in [1.29, 1.82) is 0 Å². The van der Waals surface area contributed by atoms with Crippen LogP contribution in [-0.2, 0) is 4.79 Å². The lowest BCUT2D eigenvalue weighted by atomic mass is 10.2. The Balaban J connectivity index is 2.43. The van der Waals surface area contributed by atoms with Gasteiger partial charge in [-0.2, -0.15) is 0 Å². The van der Waals surface area contributed by atoms with Crippen LogP contribution in [-0.4, -0.2) is 23.5 Å². The van der Waals surface area contributed by atoms with Crippen LogP contribution < -0.4 is 10.6 Å².